The van der Waals surface area contributed by atoms with Gasteiger partial charge in [0.1, 0.15) is 5.82 Å². The molecule has 31 heavy (non-hydrogen) atoms. The summed E-state index contributed by atoms with van der Waals surface area (Å²) in [6, 6.07) is 8.95. The van der Waals surface area contributed by atoms with E-state index < -0.39 is 0 Å². The molecule has 6 nitrogen and oxygen atoms in total. The molecule has 0 bridgehead atoms. The van der Waals surface area contributed by atoms with E-state index in [9.17, 15) is 5.11 Å². The molecule has 2 atom stereocenters. The minimum Gasteiger partial charge on any atom is -0.392 e. The van der Waals surface area contributed by atoms with E-state index in [0.29, 0.717) is 17.5 Å². The van der Waals surface area contributed by atoms with Crippen LogP contribution in [0.3, 0.4) is 0 Å². The lowest BCUT2D eigenvalue weighted by Gasteiger charge is -2.36. The number of aliphatic hydroxyl groups excluding tert-OH is 1. The highest BCUT2D eigenvalue weighted by molar-refractivity contribution is 6.13. The van der Waals surface area contributed by atoms with Crippen molar-refractivity contribution in [1.82, 2.24) is 10.3 Å². The fourth-order valence-corrected chi connectivity index (χ4v) is 4.72. The monoisotopic (exact) mass is 419 g/mol. The predicted molar refractivity (Wildman–Crippen MR) is 128 cm³/mol. The van der Waals surface area contributed by atoms with E-state index in [0.717, 1.165) is 67.5 Å². The highest BCUT2D eigenvalue weighted by Crippen LogP contribution is 2.28. The van der Waals surface area contributed by atoms with Gasteiger partial charge in [-0.05, 0) is 76.3 Å². The maximum Gasteiger partial charge on any atom is 0.138 e. The van der Waals surface area contributed by atoms with Crippen molar-refractivity contribution < 1.29 is 5.11 Å². The largest absolute Gasteiger partial charge is 0.392 e. The van der Waals surface area contributed by atoms with Gasteiger partial charge in [0.05, 0.1) is 17.3 Å². The van der Waals surface area contributed by atoms with Crippen molar-refractivity contribution in [2.45, 2.75) is 64.1 Å². The molecule has 164 valence electrons. The van der Waals surface area contributed by atoms with Gasteiger partial charge in [-0.3, -0.25) is 0 Å². The zero-order chi connectivity index (χ0) is 22.0. The van der Waals surface area contributed by atoms with Crippen molar-refractivity contribution >= 4 is 28.1 Å². The van der Waals surface area contributed by atoms with Crippen LogP contribution in [0.2, 0.25) is 0 Å². The van der Waals surface area contributed by atoms with E-state index in [-0.39, 0.29) is 12.1 Å². The zero-order valence-electron chi connectivity index (χ0n) is 18.5. The van der Waals surface area contributed by atoms with Crippen LogP contribution < -0.4 is 10.2 Å². The normalized spacial score (nSPS) is 22.5. The molecule has 4 rings (SSSR count). The Morgan fingerprint density at radius 2 is 1.90 bits per heavy atom. The van der Waals surface area contributed by atoms with E-state index in [1.807, 2.05) is 0 Å². The number of hydrogen-bond acceptors (Lipinski definition) is 6. The van der Waals surface area contributed by atoms with Crippen LogP contribution in [0.15, 0.2) is 36.4 Å². The molecular weight excluding hydrogens is 386 g/mol. The van der Waals surface area contributed by atoms with Gasteiger partial charge in [0.25, 0.3) is 0 Å². The number of fused-ring (bicyclic) bond motifs is 1. The summed E-state index contributed by atoms with van der Waals surface area (Å²) >= 11 is 0. The molecule has 2 fully saturated rings. The van der Waals surface area contributed by atoms with Crippen LogP contribution in [0, 0.1) is 17.7 Å². The topological polar surface area (TPSA) is 96.1 Å². The van der Waals surface area contributed by atoms with Crippen LogP contribution in [0.4, 0.5) is 5.82 Å². The van der Waals surface area contributed by atoms with Crippen molar-refractivity contribution in [3.8, 4) is 0 Å². The number of anilines is 1. The van der Waals surface area contributed by atoms with E-state index in [2.05, 4.69) is 41.4 Å². The summed E-state index contributed by atoms with van der Waals surface area (Å²) in [4.78, 5) is 7.25. The highest BCUT2D eigenvalue weighted by atomic mass is 16.3. The summed E-state index contributed by atoms with van der Waals surface area (Å²) in [5.41, 5.74) is 3.74. The Hall–Kier alpha value is -2.57. The van der Waals surface area contributed by atoms with Crippen LogP contribution in [0.5, 0.6) is 0 Å². The number of aryl methyl sites for hydroxylation is 1. The molecule has 0 amide bonds. The number of rotatable bonds is 6. The molecule has 1 aromatic carbocycles. The number of aromatic nitrogens is 1. The number of nitrogens with one attached hydrogen (secondary N) is 3. The maximum atomic E-state index is 10.1. The Labute approximate surface area is 184 Å². The number of pyridine rings is 1. The molecule has 1 saturated carbocycles. The van der Waals surface area contributed by atoms with E-state index >= 15 is 0 Å². The smallest absolute Gasteiger partial charge is 0.138 e. The SMILES string of the molecule is CC(=N)/C=C\C(=N)c1cc2cc(C)ccc2nc1N1CCC(NC2CCC[C@@H]2O)CC1. The van der Waals surface area contributed by atoms with Crippen molar-refractivity contribution in [2.24, 2.45) is 0 Å². The van der Waals surface area contributed by atoms with Crippen molar-refractivity contribution in [2.75, 3.05) is 18.0 Å². The third kappa shape index (κ3) is 5.02. The van der Waals surface area contributed by atoms with Gasteiger partial charge >= 0.3 is 0 Å². The molecule has 0 radical (unpaired) electrons. The first-order chi connectivity index (χ1) is 14.9. The lowest BCUT2D eigenvalue weighted by Crippen LogP contribution is -2.48. The van der Waals surface area contributed by atoms with Crippen LogP contribution in [-0.4, -0.2) is 52.8 Å². The summed E-state index contributed by atoms with van der Waals surface area (Å²) < 4.78 is 0. The average Bonchev–Trinajstić information content (AvgIpc) is 3.16. The van der Waals surface area contributed by atoms with Gasteiger partial charge in [0.15, 0.2) is 0 Å². The number of aliphatic hydroxyl groups is 1. The number of hydrogen-bond donors (Lipinski definition) is 4. The number of allylic oxidation sites excluding steroid dienone is 2. The van der Waals surface area contributed by atoms with E-state index in [1.165, 1.54) is 5.56 Å². The Morgan fingerprint density at radius 3 is 2.58 bits per heavy atom. The van der Waals surface area contributed by atoms with Gasteiger partial charge in [0, 0.05) is 41.8 Å². The molecule has 2 aliphatic rings. The zero-order valence-corrected chi connectivity index (χ0v) is 18.5. The Kier molecular flexibility index (Phi) is 6.49. The average molecular weight is 420 g/mol. The molecule has 1 aliphatic heterocycles. The molecular formula is C25H33N5O. The molecule has 6 heteroatoms. The van der Waals surface area contributed by atoms with Gasteiger partial charge in [-0.15, -0.1) is 0 Å². The predicted octanol–water partition coefficient (Wildman–Crippen LogP) is 3.98. The maximum absolute atomic E-state index is 10.1. The standard InChI is InChI=1S/C25H33N5O/c1-16-6-9-22-18(14-16)15-20(21(27)8-7-17(2)26)25(29-22)30-12-10-19(11-13-30)28-23-4-3-5-24(23)31/h6-9,14-15,19,23-24,26-28,31H,3-5,10-13H2,1-2H3/b8-7-,26-17?,27-21?/t23?,24-/m0/s1. The quantitative estimate of drug-likeness (QED) is 0.533. The van der Waals surface area contributed by atoms with Crippen molar-refractivity contribution in [3.05, 3.63) is 47.5 Å². The van der Waals surface area contributed by atoms with Crippen LogP contribution in [-0.2, 0) is 0 Å². The minimum absolute atomic E-state index is 0.209. The molecule has 4 N–H and O–H groups in total. The van der Waals surface area contributed by atoms with Crippen LogP contribution >= 0.6 is 0 Å². The highest BCUT2D eigenvalue weighted by Gasteiger charge is 2.29. The summed E-state index contributed by atoms with van der Waals surface area (Å²) in [6.07, 6.45) is 8.22. The lowest BCUT2D eigenvalue weighted by atomic mass is 10.0. The molecule has 1 unspecified atom stereocenters. The molecule has 0 spiro atoms. The fourth-order valence-electron chi connectivity index (χ4n) is 4.72. The molecule has 2 aromatic rings. The number of nitrogens with zero attached hydrogens (tertiary/aromatic N) is 2. The van der Waals surface area contributed by atoms with Crippen molar-refractivity contribution in [1.29, 1.82) is 10.8 Å². The number of benzene rings is 1. The number of piperidine rings is 1. The lowest BCUT2D eigenvalue weighted by molar-refractivity contribution is 0.140. The van der Waals surface area contributed by atoms with E-state index in [4.69, 9.17) is 15.8 Å². The second-order valence-electron chi connectivity index (χ2n) is 9.02. The van der Waals surface area contributed by atoms with Crippen LogP contribution in [0.1, 0.15) is 50.2 Å². The van der Waals surface area contributed by atoms with E-state index in [1.54, 1.807) is 19.1 Å². The summed E-state index contributed by atoms with van der Waals surface area (Å²) in [5, 5.41) is 31.1. The van der Waals surface area contributed by atoms with Gasteiger partial charge in [0.2, 0.25) is 0 Å². The van der Waals surface area contributed by atoms with Gasteiger partial charge in [-0.1, -0.05) is 11.6 Å². The molecule has 1 saturated heterocycles. The first kappa shape index (κ1) is 21.7. The second-order valence-corrected chi connectivity index (χ2v) is 9.02. The third-order valence-corrected chi connectivity index (χ3v) is 6.46. The first-order valence-electron chi connectivity index (χ1n) is 11.3. The molecule has 2 heterocycles. The first-order valence-corrected chi connectivity index (χ1v) is 11.3. The fraction of sp³-hybridized carbons (Fsp3) is 0.480. The van der Waals surface area contributed by atoms with Gasteiger partial charge < -0.3 is 26.1 Å². The van der Waals surface area contributed by atoms with Gasteiger partial charge in [-0.25, -0.2) is 4.98 Å². The van der Waals surface area contributed by atoms with Crippen molar-refractivity contribution in [3.63, 3.8) is 0 Å². The summed E-state index contributed by atoms with van der Waals surface area (Å²) in [5.74, 6) is 0.855. The van der Waals surface area contributed by atoms with Gasteiger partial charge in [-0.2, -0.15) is 0 Å². The second kappa shape index (κ2) is 9.28. The third-order valence-electron chi connectivity index (χ3n) is 6.46. The molecule has 1 aromatic heterocycles. The summed E-state index contributed by atoms with van der Waals surface area (Å²) in [7, 11) is 0. The Morgan fingerprint density at radius 1 is 1.13 bits per heavy atom. The Bertz CT molecular complexity index is 1010. The minimum atomic E-state index is -0.209. The van der Waals surface area contributed by atoms with Crippen LogP contribution in [0.25, 0.3) is 10.9 Å². The Balaban J connectivity index is 1.57. The summed E-state index contributed by atoms with van der Waals surface area (Å²) in [6.45, 7) is 5.53. The molecule has 1 aliphatic carbocycles.